The highest BCUT2D eigenvalue weighted by Gasteiger charge is 2.16. The molecule has 2 N–H and O–H groups in total. The van der Waals surface area contributed by atoms with Gasteiger partial charge in [-0.05, 0) is 20.9 Å². The SMILES string of the molecule is CC(O)C(=O)[O-].CC[NH+]1CCN(C)C1. The quantitative estimate of drug-likeness (QED) is 0.500. The lowest BCUT2D eigenvalue weighted by Crippen LogP contribution is -3.10. The van der Waals surface area contributed by atoms with Crippen molar-refractivity contribution in [2.75, 3.05) is 33.4 Å². The molecule has 5 heteroatoms. The van der Waals surface area contributed by atoms with Crippen LogP contribution in [0.3, 0.4) is 0 Å². The molecule has 0 bridgehead atoms. The van der Waals surface area contributed by atoms with E-state index in [1.165, 1.54) is 26.3 Å². The molecular weight excluding hydrogens is 184 g/mol. The molecule has 14 heavy (non-hydrogen) atoms. The van der Waals surface area contributed by atoms with Gasteiger partial charge in [0.05, 0.1) is 31.7 Å². The topological polar surface area (TPSA) is 68.0 Å². The first-order chi connectivity index (χ1) is 6.47. The number of carboxylic acid groups (broad SMARTS) is 1. The zero-order valence-electron chi connectivity index (χ0n) is 9.12. The lowest BCUT2D eigenvalue weighted by Gasteiger charge is -2.07. The van der Waals surface area contributed by atoms with Crippen LogP contribution >= 0.6 is 0 Å². The minimum absolute atomic E-state index is 1.13. The molecule has 1 aliphatic heterocycles. The number of carboxylic acids is 1. The van der Waals surface area contributed by atoms with Crippen LogP contribution in [0.25, 0.3) is 0 Å². The van der Waals surface area contributed by atoms with E-state index in [-0.39, 0.29) is 0 Å². The van der Waals surface area contributed by atoms with Crippen LogP contribution in [-0.2, 0) is 4.79 Å². The van der Waals surface area contributed by atoms with Crippen molar-refractivity contribution in [2.45, 2.75) is 20.0 Å². The van der Waals surface area contributed by atoms with Crippen molar-refractivity contribution < 1.29 is 19.9 Å². The van der Waals surface area contributed by atoms with Gasteiger partial charge in [-0.15, -0.1) is 0 Å². The van der Waals surface area contributed by atoms with Crippen molar-refractivity contribution in [3.8, 4) is 0 Å². The van der Waals surface area contributed by atoms with E-state index in [9.17, 15) is 9.90 Å². The van der Waals surface area contributed by atoms with Crippen molar-refractivity contribution in [1.29, 1.82) is 0 Å². The molecule has 2 atom stereocenters. The number of nitrogens with zero attached hydrogens (tertiary/aromatic N) is 1. The number of carbonyl (C=O) groups is 1. The number of hydrogen-bond donors (Lipinski definition) is 2. The monoisotopic (exact) mass is 204 g/mol. The molecule has 0 aliphatic carbocycles. The largest absolute Gasteiger partial charge is 0.547 e. The Morgan fingerprint density at radius 2 is 2.21 bits per heavy atom. The average Bonchev–Trinajstić information content (AvgIpc) is 2.52. The zero-order chi connectivity index (χ0) is 11.1. The number of quaternary nitrogens is 1. The molecule has 0 spiro atoms. The molecule has 0 radical (unpaired) electrons. The number of aliphatic carboxylic acids is 1. The van der Waals surface area contributed by atoms with Crippen LogP contribution in [0.5, 0.6) is 0 Å². The highest BCUT2D eigenvalue weighted by atomic mass is 16.4. The normalized spacial score (nSPS) is 23.9. The van der Waals surface area contributed by atoms with Gasteiger partial charge in [0.2, 0.25) is 0 Å². The fourth-order valence-electron chi connectivity index (χ4n) is 1.18. The average molecular weight is 204 g/mol. The molecule has 0 saturated carbocycles. The second-order valence-corrected chi connectivity index (χ2v) is 3.59. The van der Waals surface area contributed by atoms with Crippen molar-refractivity contribution in [1.82, 2.24) is 4.90 Å². The van der Waals surface area contributed by atoms with Gasteiger partial charge in [0.1, 0.15) is 6.67 Å². The van der Waals surface area contributed by atoms with Gasteiger partial charge in [0.25, 0.3) is 0 Å². The standard InChI is InChI=1S/C6H14N2.C3H6O3/c1-3-8-5-4-7(2)6-8;1-2(4)3(5)6/h3-6H2,1-2H3;2,4H,1H3,(H,5,6). The van der Waals surface area contributed by atoms with E-state index in [2.05, 4.69) is 18.9 Å². The summed E-state index contributed by atoms with van der Waals surface area (Å²) in [6.07, 6.45) is -1.34. The molecule has 1 fully saturated rings. The Labute approximate surface area is 84.9 Å². The zero-order valence-corrected chi connectivity index (χ0v) is 9.12. The predicted octanol–water partition coefficient (Wildman–Crippen LogP) is -3.09. The van der Waals surface area contributed by atoms with Crippen LogP contribution in [0.2, 0.25) is 0 Å². The maximum absolute atomic E-state index is 9.34. The Kier molecular flexibility index (Phi) is 6.44. The second kappa shape index (κ2) is 6.75. The summed E-state index contributed by atoms with van der Waals surface area (Å²) in [5.74, 6) is -1.44. The molecule has 0 aromatic heterocycles. The van der Waals surface area contributed by atoms with E-state index in [4.69, 9.17) is 5.11 Å². The highest BCUT2D eigenvalue weighted by Crippen LogP contribution is 1.78. The fraction of sp³-hybridized carbons (Fsp3) is 0.889. The lowest BCUT2D eigenvalue weighted by atomic mass is 10.4. The first-order valence-corrected chi connectivity index (χ1v) is 4.88. The molecule has 0 amide bonds. The minimum atomic E-state index is -1.44. The Balaban J connectivity index is 0.000000255. The number of carbonyl (C=O) groups excluding carboxylic acids is 1. The molecule has 0 aromatic carbocycles. The first-order valence-electron chi connectivity index (χ1n) is 4.88. The number of likely N-dealkylation sites (N-methyl/N-ethyl adjacent to an activating group) is 2. The van der Waals surface area contributed by atoms with Gasteiger partial charge in [-0.2, -0.15) is 0 Å². The van der Waals surface area contributed by atoms with Gasteiger partial charge in [-0.1, -0.05) is 0 Å². The maximum Gasteiger partial charge on any atom is 0.133 e. The summed E-state index contributed by atoms with van der Waals surface area (Å²) >= 11 is 0. The maximum atomic E-state index is 9.34. The molecule has 1 rings (SSSR count). The van der Waals surface area contributed by atoms with E-state index < -0.39 is 12.1 Å². The van der Waals surface area contributed by atoms with Crippen molar-refractivity contribution in [2.24, 2.45) is 0 Å². The summed E-state index contributed by atoms with van der Waals surface area (Å²) in [5.41, 5.74) is 0. The van der Waals surface area contributed by atoms with Crippen LogP contribution in [0.1, 0.15) is 13.8 Å². The van der Waals surface area contributed by atoms with E-state index >= 15 is 0 Å². The summed E-state index contributed by atoms with van der Waals surface area (Å²) in [7, 11) is 2.18. The van der Waals surface area contributed by atoms with Crippen LogP contribution in [0.4, 0.5) is 0 Å². The third kappa shape index (κ3) is 5.90. The number of rotatable bonds is 2. The van der Waals surface area contributed by atoms with Gasteiger partial charge in [-0.25, -0.2) is 0 Å². The predicted molar refractivity (Wildman–Crippen MR) is 50.6 cm³/mol. The second-order valence-electron chi connectivity index (χ2n) is 3.59. The van der Waals surface area contributed by atoms with E-state index in [1.54, 1.807) is 4.90 Å². The molecule has 0 aromatic rings. The number of aliphatic hydroxyl groups excluding tert-OH is 1. The van der Waals surface area contributed by atoms with Crippen LogP contribution in [0, 0.1) is 0 Å². The number of nitrogens with one attached hydrogen (secondary N) is 1. The van der Waals surface area contributed by atoms with Crippen molar-refractivity contribution >= 4 is 5.97 Å². The summed E-state index contributed by atoms with van der Waals surface area (Å²) in [5, 5.41) is 17.3. The highest BCUT2D eigenvalue weighted by molar-refractivity contribution is 5.68. The molecule has 84 valence electrons. The van der Waals surface area contributed by atoms with Crippen LogP contribution in [0.15, 0.2) is 0 Å². The van der Waals surface area contributed by atoms with E-state index in [1.807, 2.05) is 0 Å². The van der Waals surface area contributed by atoms with E-state index in [0.717, 1.165) is 6.92 Å². The smallest absolute Gasteiger partial charge is 0.133 e. The number of hydrogen-bond acceptors (Lipinski definition) is 4. The molecule has 1 heterocycles. The third-order valence-corrected chi connectivity index (χ3v) is 2.18. The minimum Gasteiger partial charge on any atom is -0.547 e. The summed E-state index contributed by atoms with van der Waals surface area (Å²) in [4.78, 5) is 13.4. The van der Waals surface area contributed by atoms with Gasteiger partial charge in [-0.3, -0.25) is 4.90 Å². The van der Waals surface area contributed by atoms with Gasteiger partial charge in [0.15, 0.2) is 0 Å². The van der Waals surface area contributed by atoms with Gasteiger partial charge >= 0.3 is 0 Å². The summed E-state index contributed by atoms with van der Waals surface area (Å²) in [6.45, 7) is 8.53. The van der Waals surface area contributed by atoms with Crippen LogP contribution < -0.4 is 10.0 Å². The Morgan fingerprint density at radius 3 is 2.36 bits per heavy atom. The molecule has 1 saturated heterocycles. The van der Waals surface area contributed by atoms with Crippen molar-refractivity contribution in [3.63, 3.8) is 0 Å². The van der Waals surface area contributed by atoms with Crippen molar-refractivity contribution in [3.05, 3.63) is 0 Å². The van der Waals surface area contributed by atoms with Gasteiger partial charge in [0, 0.05) is 0 Å². The first kappa shape index (κ1) is 13.4. The van der Waals surface area contributed by atoms with Crippen LogP contribution in [-0.4, -0.2) is 55.4 Å². The Bertz CT molecular complexity index is 173. The third-order valence-electron chi connectivity index (χ3n) is 2.18. The Hall–Kier alpha value is -0.650. The summed E-state index contributed by atoms with van der Waals surface area (Å²) in [6, 6.07) is 0. The fourth-order valence-corrected chi connectivity index (χ4v) is 1.18. The molecular formula is C9H20N2O3. The molecule has 5 nitrogen and oxygen atoms in total. The lowest BCUT2D eigenvalue weighted by molar-refractivity contribution is -0.889. The molecule has 2 unspecified atom stereocenters. The van der Waals surface area contributed by atoms with E-state index in [0.29, 0.717) is 0 Å². The number of aliphatic hydroxyl groups is 1. The Morgan fingerprint density at radius 1 is 1.71 bits per heavy atom. The van der Waals surface area contributed by atoms with Gasteiger partial charge < -0.3 is 19.9 Å². The summed E-state index contributed by atoms with van der Waals surface area (Å²) < 4.78 is 0. The molecule has 1 aliphatic rings.